The summed E-state index contributed by atoms with van der Waals surface area (Å²) in [6.07, 6.45) is 1.61. The number of fused-ring (bicyclic) bond motifs is 1. The van der Waals surface area contributed by atoms with Gasteiger partial charge in [-0.3, -0.25) is 0 Å². The zero-order chi connectivity index (χ0) is 9.97. The summed E-state index contributed by atoms with van der Waals surface area (Å²) in [5.41, 5.74) is 1.59. The van der Waals surface area contributed by atoms with Crippen LogP contribution in [0.2, 0.25) is 0 Å². The van der Waals surface area contributed by atoms with E-state index in [2.05, 4.69) is 0 Å². The van der Waals surface area contributed by atoms with E-state index in [4.69, 9.17) is 9.15 Å². The van der Waals surface area contributed by atoms with Gasteiger partial charge in [0.2, 0.25) is 0 Å². The molecule has 0 aliphatic heterocycles. The Morgan fingerprint density at radius 1 is 1.43 bits per heavy atom. The Hall–Kier alpha value is -1.35. The van der Waals surface area contributed by atoms with E-state index in [0.29, 0.717) is 18.8 Å². The van der Waals surface area contributed by atoms with Gasteiger partial charge < -0.3 is 9.15 Å². The first-order valence-corrected chi connectivity index (χ1v) is 4.54. The maximum atomic E-state index is 12.9. The van der Waals surface area contributed by atoms with Gasteiger partial charge in [0.1, 0.15) is 11.4 Å². The molecule has 2 aromatic rings. The molecule has 1 aromatic carbocycles. The first-order valence-electron chi connectivity index (χ1n) is 4.54. The van der Waals surface area contributed by atoms with Crippen LogP contribution < -0.4 is 0 Å². The molecule has 0 saturated heterocycles. The first kappa shape index (κ1) is 9.21. The average Bonchev–Trinajstić information content (AvgIpc) is 2.57. The molecular weight excluding hydrogens is 183 g/mol. The van der Waals surface area contributed by atoms with Gasteiger partial charge in [0.05, 0.1) is 12.9 Å². The van der Waals surface area contributed by atoms with Crippen molar-refractivity contribution in [2.24, 2.45) is 0 Å². The monoisotopic (exact) mass is 194 g/mol. The maximum Gasteiger partial charge on any atom is 0.134 e. The molecular formula is C11H11FO2. The molecule has 0 radical (unpaired) electrons. The minimum absolute atomic E-state index is 0.253. The van der Waals surface area contributed by atoms with Crippen LogP contribution in [0.15, 0.2) is 28.9 Å². The van der Waals surface area contributed by atoms with Crippen LogP contribution in [-0.2, 0) is 11.3 Å². The fourth-order valence-corrected chi connectivity index (χ4v) is 1.38. The molecule has 0 aliphatic carbocycles. The number of furan rings is 1. The average molecular weight is 194 g/mol. The quantitative estimate of drug-likeness (QED) is 0.749. The van der Waals surface area contributed by atoms with E-state index in [1.807, 2.05) is 6.92 Å². The highest BCUT2D eigenvalue weighted by Gasteiger charge is 2.06. The smallest absolute Gasteiger partial charge is 0.134 e. The van der Waals surface area contributed by atoms with Crippen LogP contribution >= 0.6 is 0 Å². The van der Waals surface area contributed by atoms with E-state index in [1.54, 1.807) is 12.3 Å². The van der Waals surface area contributed by atoms with Crippen molar-refractivity contribution in [3.63, 3.8) is 0 Å². The van der Waals surface area contributed by atoms with Crippen LogP contribution in [-0.4, -0.2) is 6.61 Å². The van der Waals surface area contributed by atoms with Gasteiger partial charge in [-0.1, -0.05) is 0 Å². The normalized spacial score (nSPS) is 11.0. The van der Waals surface area contributed by atoms with Crippen molar-refractivity contribution in [3.8, 4) is 0 Å². The van der Waals surface area contributed by atoms with Crippen molar-refractivity contribution in [2.75, 3.05) is 6.61 Å². The predicted octanol–water partition coefficient (Wildman–Crippen LogP) is 3.11. The van der Waals surface area contributed by atoms with Crippen molar-refractivity contribution in [1.82, 2.24) is 0 Å². The lowest BCUT2D eigenvalue weighted by atomic mass is 10.2. The second-order valence-electron chi connectivity index (χ2n) is 3.04. The fourth-order valence-electron chi connectivity index (χ4n) is 1.38. The van der Waals surface area contributed by atoms with Crippen molar-refractivity contribution < 1.29 is 13.5 Å². The minimum Gasteiger partial charge on any atom is -0.464 e. The molecule has 0 amide bonds. The van der Waals surface area contributed by atoms with Gasteiger partial charge in [-0.05, 0) is 25.1 Å². The lowest BCUT2D eigenvalue weighted by molar-refractivity contribution is 0.134. The molecule has 1 heterocycles. The molecule has 14 heavy (non-hydrogen) atoms. The van der Waals surface area contributed by atoms with Gasteiger partial charge >= 0.3 is 0 Å². The largest absolute Gasteiger partial charge is 0.464 e. The molecule has 3 heteroatoms. The zero-order valence-electron chi connectivity index (χ0n) is 7.92. The van der Waals surface area contributed by atoms with Crippen LogP contribution in [0, 0.1) is 5.82 Å². The van der Waals surface area contributed by atoms with Crippen LogP contribution in [0.25, 0.3) is 11.0 Å². The molecule has 1 aromatic heterocycles. The third-order valence-corrected chi connectivity index (χ3v) is 2.08. The summed E-state index contributed by atoms with van der Waals surface area (Å²) in [4.78, 5) is 0. The van der Waals surface area contributed by atoms with E-state index in [9.17, 15) is 4.39 Å². The summed E-state index contributed by atoms with van der Waals surface area (Å²) >= 11 is 0. The van der Waals surface area contributed by atoms with Gasteiger partial charge in [-0.25, -0.2) is 4.39 Å². The number of ether oxygens (including phenoxy) is 1. The van der Waals surface area contributed by atoms with Crippen LogP contribution in [0.1, 0.15) is 12.5 Å². The van der Waals surface area contributed by atoms with Crippen molar-refractivity contribution >= 4 is 11.0 Å². The zero-order valence-corrected chi connectivity index (χ0v) is 7.92. The molecule has 0 N–H and O–H groups in total. The van der Waals surface area contributed by atoms with Gasteiger partial charge in [0.15, 0.2) is 0 Å². The molecule has 0 fully saturated rings. The second-order valence-corrected chi connectivity index (χ2v) is 3.04. The SMILES string of the molecule is CCOCc1coc2ccc(F)cc12. The highest BCUT2D eigenvalue weighted by atomic mass is 19.1. The lowest BCUT2D eigenvalue weighted by Gasteiger charge is -1.97. The van der Waals surface area contributed by atoms with Crippen molar-refractivity contribution in [2.45, 2.75) is 13.5 Å². The third kappa shape index (κ3) is 1.63. The highest BCUT2D eigenvalue weighted by Crippen LogP contribution is 2.22. The van der Waals surface area contributed by atoms with E-state index < -0.39 is 0 Å². The standard InChI is InChI=1S/C11H11FO2/c1-2-13-6-8-7-14-11-4-3-9(12)5-10(8)11/h3-5,7H,2,6H2,1H3. The molecule has 0 saturated carbocycles. The summed E-state index contributed by atoms with van der Waals surface area (Å²) in [6.45, 7) is 3.03. The molecule has 2 nitrogen and oxygen atoms in total. The molecule has 0 bridgehead atoms. The van der Waals surface area contributed by atoms with Crippen LogP contribution in [0.5, 0.6) is 0 Å². The van der Waals surface area contributed by atoms with Gasteiger partial charge in [-0.15, -0.1) is 0 Å². The van der Waals surface area contributed by atoms with Gasteiger partial charge in [-0.2, -0.15) is 0 Å². The van der Waals surface area contributed by atoms with Crippen LogP contribution in [0.3, 0.4) is 0 Å². The van der Waals surface area contributed by atoms with Gasteiger partial charge in [0, 0.05) is 17.6 Å². The number of halogens is 1. The maximum absolute atomic E-state index is 12.9. The number of rotatable bonds is 3. The van der Waals surface area contributed by atoms with Crippen molar-refractivity contribution in [3.05, 3.63) is 35.8 Å². The van der Waals surface area contributed by atoms with E-state index in [-0.39, 0.29) is 5.82 Å². The Balaban J connectivity index is 2.40. The van der Waals surface area contributed by atoms with Gasteiger partial charge in [0.25, 0.3) is 0 Å². The Morgan fingerprint density at radius 2 is 2.29 bits per heavy atom. The summed E-state index contributed by atoms with van der Waals surface area (Å²) < 4.78 is 23.4. The van der Waals surface area contributed by atoms with Crippen LogP contribution in [0.4, 0.5) is 4.39 Å². The van der Waals surface area contributed by atoms with Crippen molar-refractivity contribution in [1.29, 1.82) is 0 Å². The molecule has 2 rings (SSSR count). The first-order chi connectivity index (χ1) is 6.81. The third-order valence-electron chi connectivity index (χ3n) is 2.08. The van der Waals surface area contributed by atoms with E-state index in [1.165, 1.54) is 12.1 Å². The van der Waals surface area contributed by atoms with E-state index >= 15 is 0 Å². The summed E-state index contributed by atoms with van der Waals surface area (Å²) in [5.74, 6) is -0.253. The minimum atomic E-state index is -0.253. The molecule has 74 valence electrons. The number of hydrogen-bond acceptors (Lipinski definition) is 2. The predicted molar refractivity (Wildman–Crippen MR) is 51.5 cm³/mol. The second kappa shape index (κ2) is 3.80. The molecule has 0 spiro atoms. The molecule has 0 unspecified atom stereocenters. The summed E-state index contributed by atoms with van der Waals surface area (Å²) in [7, 11) is 0. The Bertz CT molecular complexity index is 434. The van der Waals surface area contributed by atoms with E-state index in [0.717, 1.165) is 10.9 Å². The fraction of sp³-hybridized carbons (Fsp3) is 0.273. The summed E-state index contributed by atoms with van der Waals surface area (Å²) in [6, 6.07) is 4.48. The topological polar surface area (TPSA) is 22.4 Å². The molecule has 0 aliphatic rings. The number of hydrogen-bond donors (Lipinski definition) is 0. The lowest BCUT2D eigenvalue weighted by Crippen LogP contribution is -1.90. The molecule has 0 atom stereocenters. The Labute approximate surface area is 81.3 Å². The highest BCUT2D eigenvalue weighted by molar-refractivity contribution is 5.80. The Kier molecular flexibility index (Phi) is 2.50. The Morgan fingerprint density at radius 3 is 3.07 bits per heavy atom. The number of benzene rings is 1. The summed E-state index contributed by atoms with van der Waals surface area (Å²) in [5, 5.41) is 0.790.